The molecule has 0 bridgehead atoms. The third kappa shape index (κ3) is 2.79. The summed E-state index contributed by atoms with van der Waals surface area (Å²) in [7, 11) is 1.55. The molecule has 7 heteroatoms. The molecule has 0 aliphatic carbocycles. The quantitative estimate of drug-likeness (QED) is 0.769. The molecule has 0 fully saturated rings. The van der Waals surface area contributed by atoms with E-state index < -0.39 is 5.91 Å². The molecule has 0 spiro atoms. The molecular formula is C17H17N5O2. The van der Waals surface area contributed by atoms with Crippen molar-refractivity contribution in [1.82, 2.24) is 15.0 Å². The second kappa shape index (κ2) is 6.41. The van der Waals surface area contributed by atoms with E-state index in [1.54, 1.807) is 19.2 Å². The van der Waals surface area contributed by atoms with Crippen LogP contribution in [0.1, 0.15) is 16.1 Å². The van der Waals surface area contributed by atoms with Crippen LogP contribution in [-0.2, 0) is 0 Å². The van der Waals surface area contributed by atoms with Crippen molar-refractivity contribution in [2.75, 3.05) is 18.2 Å². The maximum Gasteiger partial charge on any atom is 0.280 e. The molecule has 0 unspecified atom stereocenters. The molecule has 0 radical (unpaired) electrons. The van der Waals surface area contributed by atoms with Crippen molar-refractivity contribution in [3.8, 4) is 11.4 Å². The van der Waals surface area contributed by atoms with Gasteiger partial charge >= 0.3 is 0 Å². The molecule has 1 amide bonds. The second-order valence-electron chi connectivity index (χ2n) is 5.18. The maximum absolute atomic E-state index is 12.4. The fourth-order valence-corrected chi connectivity index (χ4v) is 2.33. The third-order valence-electron chi connectivity index (χ3n) is 3.63. The Bertz CT molecular complexity index is 888. The van der Waals surface area contributed by atoms with Crippen LogP contribution in [0.2, 0.25) is 0 Å². The number of nitrogen functional groups attached to an aromatic ring is 1. The van der Waals surface area contributed by atoms with Crippen LogP contribution in [0, 0.1) is 6.92 Å². The smallest absolute Gasteiger partial charge is 0.280 e. The second-order valence-corrected chi connectivity index (χ2v) is 5.18. The number of nitrogens with one attached hydrogen (secondary N) is 1. The van der Waals surface area contributed by atoms with Crippen molar-refractivity contribution >= 4 is 17.4 Å². The molecule has 0 aliphatic rings. The van der Waals surface area contributed by atoms with Crippen LogP contribution in [0.3, 0.4) is 0 Å². The van der Waals surface area contributed by atoms with Crippen LogP contribution in [0.4, 0.5) is 11.5 Å². The van der Waals surface area contributed by atoms with Crippen molar-refractivity contribution in [2.24, 2.45) is 0 Å². The number of para-hydroxylation sites is 3. The summed E-state index contributed by atoms with van der Waals surface area (Å²) in [5.74, 6) is 0.313. The van der Waals surface area contributed by atoms with Crippen LogP contribution < -0.4 is 15.8 Å². The minimum Gasteiger partial charge on any atom is -0.494 e. The Labute approximate surface area is 139 Å². The first-order valence-corrected chi connectivity index (χ1v) is 7.33. The predicted octanol–water partition coefficient (Wildman–Crippen LogP) is 2.42. The zero-order chi connectivity index (χ0) is 17.1. The van der Waals surface area contributed by atoms with Gasteiger partial charge in [-0.1, -0.05) is 35.5 Å². The highest BCUT2D eigenvalue weighted by Crippen LogP contribution is 2.25. The molecule has 24 heavy (non-hydrogen) atoms. The fourth-order valence-electron chi connectivity index (χ4n) is 2.33. The molecule has 122 valence electrons. The molecular weight excluding hydrogens is 306 g/mol. The van der Waals surface area contributed by atoms with Gasteiger partial charge in [-0.3, -0.25) is 4.79 Å². The van der Waals surface area contributed by atoms with Gasteiger partial charge in [0, 0.05) is 5.69 Å². The normalized spacial score (nSPS) is 10.4. The number of nitrogens with two attached hydrogens (primary N) is 1. The van der Waals surface area contributed by atoms with Gasteiger partial charge in [0.1, 0.15) is 11.4 Å². The predicted molar refractivity (Wildman–Crippen MR) is 91.5 cm³/mol. The third-order valence-corrected chi connectivity index (χ3v) is 3.63. The van der Waals surface area contributed by atoms with Crippen LogP contribution in [0.15, 0.2) is 48.5 Å². The molecule has 0 aliphatic heterocycles. The zero-order valence-electron chi connectivity index (χ0n) is 13.4. The number of hydrogen-bond donors (Lipinski definition) is 2. The molecule has 3 rings (SSSR count). The minimum atomic E-state index is -0.414. The molecule has 0 saturated heterocycles. The summed E-state index contributed by atoms with van der Waals surface area (Å²) in [6, 6.07) is 14.7. The molecule has 0 saturated carbocycles. The van der Waals surface area contributed by atoms with Crippen LogP contribution in [-0.4, -0.2) is 28.0 Å². The van der Waals surface area contributed by atoms with E-state index in [4.69, 9.17) is 10.5 Å². The summed E-state index contributed by atoms with van der Waals surface area (Å²) < 4.78 is 6.67. The number of anilines is 2. The number of ether oxygens (including phenoxy) is 1. The first kappa shape index (κ1) is 15.5. The van der Waals surface area contributed by atoms with E-state index >= 15 is 0 Å². The highest BCUT2D eigenvalue weighted by atomic mass is 16.5. The number of hydrogen-bond acceptors (Lipinski definition) is 5. The largest absolute Gasteiger partial charge is 0.494 e. The van der Waals surface area contributed by atoms with Crippen molar-refractivity contribution in [3.63, 3.8) is 0 Å². The monoisotopic (exact) mass is 323 g/mol. The number of aromatic nitrogens is 3. The highest BCUT2D eigenvalue weighted by molar-refractivity contribution is 6.06. The average Bonchev–Trinajstić information content (AvgIpc) is 2.98. The van der Waals surface area contributed by atoms with E-state index in [2.05, 4.69) is 15.6 Å². The van der Waals surface area contributed by atoms with E-state index in [-0.39, 0.29) is 11.5 Å². The van der Waals surface area contributed by atoms with E-state index in [0.717, 1.165) is 5.56 Å². The lowest BCUT2D eigenvalue weighted by Gasteiger charge is -2.09. The Morgan fingerprint density at radius 1 is 1.17 bits per heavy atom. The Hall–Kier alpha value is -3.35. The Balaban J connectivity index is 1.93. The van der Waals surface area contributed by atoms with Gasteiger partial charge in [0.15, 0.2) is 11.5 Å². The molecule has 0 atom stereocenters. The van der Waals surface area contributed by atoms with E-state index in [1.807, 2.05) is 43.3 Å². The first-order valence-electron chi connectivity index (χ1n) is 7.33. The summed E-state index contributed by atoms with van der Waals surface area (Å²) in [4.78, 5) is 12.4. The Morgan fingerprint density at radius 2 is 1.88 bits per heavy atom. The van der Waals surface area contributed by atoms with Gasteiger partial charge in [-0.2, -0.15) is 4.68 Å². The van der Waals surface area contributed by atoms with Crippen LogP contribution in [0.25, 0.3) is 5.69 Å². The lowest BCUT2D eigenvalue weighted by molar-refractivity contribution is 0.102. The van der Waals surface area contributed by atoms with Gasteiger partial charge in [0.05, 0.1) is 7.11 Å². The summed E-state index contributed by atoms with van der Waals surface area (Å²) in [6.45, 7) is 1.91. The van der Waals surface area contributed by atoms with Gasteiger partial charge in [-0.15, -0.1) is 5.10 Å². The molecule has 1 heterocycles. The molecule has 3 N–H and O–H groups in total. The van der Waals surface area contributed by atoms with Gasteiger partial charge in [-0.05, 0) is 30.7 Å². The number of rotatable bonds is 4. The van der Waals surface area contributed by atoms with E-state index in [1.165, 1.54) is 4.68 Å². The molecule has 7 nitrogen and oxygen atoms in total. The molecule has 3 aromatic rings. The summed E-state index contributed by atoms with van der Waals surface area (Å²) in [5.41, 5.74) is 8.39. The number of amides is 1. The minimum absolute atomic E-state index is 0.0594. The van der Waals surface area contributed by atoms with E-state index in [0.29, 0.717) is 17.1 Å². The summed E-state index contributed by atoms with van der Waals surface area (Å²) in [6.07, 6.45) is 0. The van der Waals surface area contributed by atoms with Crippen LogP contribution >= 0.6 is 0 Å². The highest BCUT2D eigenvalue weighted by Gasteiger charge is 2.20. The number of benzene rings is 2. The number of carbonyl (C=O) groups excluding carboxylic acids is 1. The first-order chi connectivity index (χ1) is 11.6. The number of carbonyl (C=O) groups is 1. The number of nitrogens with zero attached hydrogens (tertiary/aromatic N) is 3. The van der Waals surface area contributed by atoms with Gasteiger partial charge in [0.25, 0.3) is 5.91 Å². The number of aryl methyl sites for hydroxylation is 1. The zero-order valence-corrected chi connectivity index (χ0v) is 13.4. The lowest BCUT2D eigenvalue weighted by atomic mass is 10.2. The number of methoxy groups -OCH3 is 1. The Kier molecular flexibility index (Phi) is 4.15. The van der Waals surface area contributed by atoms with Crippen molar-refractivity contribution in [3.05, 3.63) is 59.8 Å². The van der Waals surface area contributed by atoms with Gasteiger partial charge < -0.3 is 15.8 Å². The Morgan fingerprint density at radius 3 is 2.62 bits per heavy atom. The van der Waals surface area contributed by atoms with Crippen molar-refractivity contribution in [1.29, 1.82) is 0 Å². The molecule has 2 aromatic carbocycles. The SMILES string of the molecule is COc1ccccc1-n1nnc(C(=O)Nc2ccccc2C)c1N. The summed E-state index contributed by atoms with van der Waals surface area (Å²) in [5, 5.41) is 10.7. The fraction of sp³-hybridized carbons (Fsp3) is 0.118. The van der Waals surface area contributed by atoms with Crippen LogP contribution in [0.5, 0.6) is 5.75 Å². The topological polar surface area (TPSA) is 95.1 Å². The summed E-state index contributed by atoms with van der Waals surface area (Å²) >= 11 is 0. The molecule has 1 aromatic heterocycles. The van der Waals surface area contributed by atoms with Gasteiger partial charge in [0.2, 0.25) is 0 Å². The van der Waals surface area contributed by atoms with Crippen molar-refractivity contribution in [2.45, 2.75) is 6.92 Å². The average molecular weight is 323 g/mol. The standard InChI is InChI=1S/C17H17N5O2/c1-11-7-3-4-8-12(11)19-17(23)15-16(18)22(21-20-15)13-9-5-6-10-14(13)24-2/h3-10H,18H2,1-2H3,(H,19,23). The van der Waals surface area contributed by atoms with E-state index in [9.17, 15) is 4.79 Å². The van der Waals surface area contributed by atoms with Gasteiger partial charge in [-0.25, -0.2) is 0 Å². The lowest BCUT2D eigenvalue weighted by Crippen LogP contribution is -2.15. The maximum atomic E-state index is 12.4. The van der Waals surface area contributed by atoms with Crippen molar-refractivity contribution < 1.29 is 9.53 Å².